The van der Waals surface area contributed by atoms with Gasteiger partial charge >= 0.3 is 5.97 Å². The standard InChI is InChI=1S/C26H35N3O3/c1-20(2)17-18-24(30)29(28-23-16-9-10-19-27-23)22(25(31)32-26(3,4)5)15-11-14-21-12-7-6-8-13-21/h6-14,16,19-20,22H,15,17-18H2,1-5H3,(H,27,28)/t22-/m0/s1. The van der Waals surface area contributed by atoms with Gasteiger partial charge in [-0.1, -0.05) is 62.4 Å². The van der Waals surface area contributed by atoms with Crippen LogP contribution in [0.1, 0.15) is 59.4 Å². The number of nitrogens with one attached hydrogen (secondary N) is 1. The fraction of sp³-hybridized carbons (Fsp3) is 0.423. The number of aromatic nitrogens is 1. The molecule has 0 fully saturated rings. The third kappa shape index (κ3) is 8.92. The summed E-state index contributed by atoms with van der Waals surface area (Å²) in [5.41, 5.74) is 3.40. The lowest BCUT2D eigenvalue weighted by Crippen LogP contribution is -2.50. The normalized spacial score (nSPS) is 12.6. The van der Waals surface area contributed by atoms with Crippen LogP contribution in [-0.2, 0) is 14.3 Å². The zero-order valence-corrected chi connectivity index (χ0v) is 19.7. The van der Waals surface area contributed by atoms with Crippen molar-refractivity contribution in [2.45, 2.75) is 65.5 Å². The quantitative estimate of drug-likeness (QED) is 0.393. The number of amides is 1. The molecule has 0 aliphatic heterocycles. The molecule has 1 amide bonds. The molecule has 172 valence electrons. The molecule has 0 bridgehead atoms. The van der Waals surface area contributed by atoms with Gasteiger partial charge in [-0.15, -0.1) is 0 Å². The average molecular weight is 438 g/mol. The van der Waals surface area contributed by atoms with Gasteiger partial charge in [-0.05, 0) is 57.2 Å². The number of hydrazine groups is 1. The Hall–Kier alpha value is -3.15. The van der Waals surface area contributed by atoms with E-state index in [0.29, 0.717) is 24.6 Å². The first kappa shape index (κ1) is 25.1. The molecular formula is C26H35N3O3. The molecule has 2 rings (SSSR count). The first-order valence-electron chi connectivity index (χ1n) is 11.1. The second kappa shape index (κ2) is 12.0. The lowest BCUT2D eigenvalue weighted by Gasteiger charge is -2.32. The smallest absolute Gasteiger partial charge is 0.331 e. The minimum atomic E-state index is -0.837. The molecule has 0 aliphatic rings. The third-order valence-electron chi connectivity index (χ3n) is 4.56. The van der Waals surface area contributed by atoms with Crippen LogP contribution in [0.4, 0.5) is 5.82 Å². The summed E-state index contributed by atoms with van der Waals surface area (Å²) in [6.45, 7) is 9.59. The number of carbonyl (C=O) groups excluding carboxylic acids is 2. The monoisotopic (exact) mass is 437 g/mol. The second-order valence-electron chi connectivity index (χ2n) is 9.12. The summed E-state index contributed by atoms with van der Waals surface area (Å²) in [4.78, 5) is 30.6. The Kier molecular flexibility index (Phi) is 9.44. The van der Waals surface area contributed by atoms with Crippen LogP contribution in [0.25, 0.3) is 6.08 Å². The van der Waals surface area contributed by atoms with Crippen LogP contribution < -0.4 is 5.43 Å². The molecule has 6 nitrogen and oxygen atoms in total. The molecule has 32 heavy (non-hydrogen) atoms. The van der Waals surface area contributed by atoms with Gasteiger partial charge < -0.3 is 4.74 Å². The molecule has 1 aromatic heterocycles. The lowest BCUT2D eigenvalue weighted by molar-refractivity contribution is -0.164. The molecule has 2 aromatic rings. The summed E-state index contributed by atoms with van der Waals surface area (Å²) in [5.74, 6) is 0.226. The van der Waals surface area contributed by atoms with Crippen molar-refractivity contribution in [2.75, 3.05) is 5.43 Å². The minimum absolute atomic E-state index is 0.173. The van der Waals surface area contributed by atoms with E-state index in [0.717, 1.165) is 12.0 Å². The van der Waals surface area contributed by atoms with E-state index in [9.17, 15) is 9.59 Å². The fourth-order valence-corrected chi connectivity index (χ4v) is 2.97. The van der Waals surface area contributed by atoms with Crippen molar-refractivity contribution in [3.05, 3.63) is 66.4 Å². The number of pyridine rings is 1. The van der Waals surface area contributed by atoms with Crippen LogP contribution in [0.2, 0.25) is 0 Å². The van der Waals surface area contributed by atoms with Crippen LogP contribution in [0, 0.1) is 5.92 Å². The molecule has 0 aliphatic carbocycles. The van der Waals surface area contributed by atoms with Crippen molar-refractivity contribution in [3.63, 3.8) is 0 Å². The number of anilines is 1. The number of carbonyl (C=O) groups is 2. The molecule has 0 saturated carbocycles. The molecule has 0 radical (unpaired) electrons. The number of hydrogen-bond acceptors (Lipinski definition) is 5. The molecule has 0 spiro atoms. The highest BCUT2D eigenvalue weighted by atomic mass is 16.6. The van der Waals surface area contributed by atoms with Crippen LogP contribution in [0.15, 0.2) is 60.8 Å². The number of hydrogen-bond donors (Lipinski definition) is 1. The molecule has 1 aromatic carbocycles. The van der Waals surface area contributed by atoms with Gasteiger partial charge in [0.15, 0.2) is 6.04 Å². The van der Waals surface area contributed by atoms with Crippen LogP contribution in [0.3, 0.4) is 0 Å². The topological polar surface area (TPSA) is 71.5 Å². The summed E-state index contributed by atoms with van der Waals surface area (Å²) in [6.07, 6.45) is 6.81. The van der Waals surface area contributed by atoms with Crippen molar-refractivity contribution in [1.82, 2.24) is 9.99 Å². The Balaban J connectivity index is 2.32. The van der Waals surface area contributed by atoms with Crippen molar-refractivity contribution in [3.8, 4) is 0 Å². The fourth-order valence-electron chi connectivity index (χ4n) is 2.97. The number of esters is 1. The third-order valence-corrected chi connectivity index (χ3v) is 4.56. The highest BCUT2D eigenvalue weighted by Crippen LogP contribution is 2.19. The van der Waals surface area contributed by atoms with Gasteiger partial charge in [0, 0.05) is 12.6 Å². The maximum Gasteiger partial charge on any atom is 0.331 e. The van der Waals surface area contributed by atoms with Crippen LogP contribution >= 0.6 is 0 Å². The first-order chi connectivity index (χ1) is 15.2. The Bertz CT molecular complexity index is 874. The molecule has 0 saturated heterocycles. The average Bonchev–Trinajstić information content (AvgIpc) is 2.74. The van der Waals surface area contributed by atoms with Gasteiger partial charge in [-0.2, -0.15) is 0 Å². The Morgan fingerprint density at radius 2 is 1.78 bits per heavy atom. The number of benzene rings is 1. The predicted octanol–water partition coefficient (Wildman–Crippen LogP) is 5.49. The Morgan fingerprint density at radius 1 is 1.09 bits per heavy atom. The molecular weight excluding hydrogens is 402 g/mol. The van der Waals surface area contributed by atoms with E-state index in [-0.39, 0.29) is 5.91 Å². The summed E-state index contributed by atoms with van der Waals surface area (Å²) in [5, 5.41) is 1.38. The maximum absolute atomic E-state index is 13.2. The van der Waals surface area contributed by atoms with E-state index in [2.05, 4.69) is 24.3 Å². The van der Waals surface area contributed by atoms with Crippen LogP contribution in [-0.4, -0.2) is 33.5 Å². The Morgan fingerprint density at radius 3 is 2.38 bits per heavy atom. The lowest BCUT2D eigenvalue weighted by atomic mass is 10.1. The van der Waals surface area contributed by atoms with Gasteiger partial charge in [-0.3, -0.25) is 10.2 Å². The molecule has 6 heteroatoms. The highest BCUT2D eigenvalue weighted by molar-refractivity contribution is 5.86. The van der Waals surface area contributed by atoms with Gasteiger partial charge in [0.1, 0.15) is 11.4 Å². The highest BCUT2D eigenvalue weighted by Gasteiger charge is 2.33. The van der Waals surface area contributed by atoms with Crippen molar-refractivity contribution >= 4 is 23.8 Å². The predicted molar refractivity (Wildman–Crippen MR) is 129 cm³/mol. The van der Waals surface area contributed by atoms with Crippen LogP contribution in [0.5, 0.6) is 0 Å². The number of ether oxygens (including phenoxy) is 1. The van der Waals surface area contributed by atoms with Gasteiger partial charge in [0.25, 0.3) is 0 Å². The summed E-state index contributed by atoms with van der Waals surface area (Å²) < 4.78 is 5.67. The molecule has 1 heterocycles. The summed E-state index contributed by atoms with van der Waals surface area (Å²) >= 11 is 0. The van der Waals surface area contributed by atoms with E-state index >= 15 is 0 Å². The molecule has 0 unspecified atom stereocenters. The van der Waals surface area contributed by atoms with Gasteiger partial charge in [0.05, 0.1) is 0 Å². The van der Waals surface area contributed by atoms with Crippen molar-refractivity contribution in [2.24, 2.45) is 5.92 Å². The minimum Gasteiger partial charge on any atom is -0.458 e. The summed E-state index contributed by atoms with van der Waals surface area (Å²) in [6, 6.07) is 14.4. The van der Waals surface area contributed by atoms with E-state index in [1.807, 2.05) is 69.3 Å². The van der Waals surface area contributed by atoms with Gasteiger partial charge in [0.2, 0.25) is 5.91 Å². The first-order valence-corrected chi connectivity index (χ1v) is 11.1. The number of nitrogens with zero attached hydrogens (tertiary/aromatic N) is 2. The zero-order valence-electron chi connectivity index (χ0n) is 19.7. The maximum atomic E-state index is 13.2. The summed E-state index contributed by atoms with van der Waals surface area (Å²) in [7, 11) is 0. The number of rotatable bonds is 10. The molecule has 1 atom stereocenters. The molecule has 1 N–H and O–H groups in total. The van der Waals surface area contributed by atoms with Gasteiger partial charge in [-0.25, -0.2) is 14.8 Å². The van der Waals surface area contributed by atoms with E-state index < -0.39 is 17.6 Å². The Labute approximate surface area is 191 Å². The largest absolute Gasteiger partial charge is 0.458 e. The van der Waals surface area contributed by atoms with E-state index in [1.165, 1.54) is 5.01 Å². The second-order valence-corrected chi connectivity index (χ2v) is 9.12. The SMILES string of the molecule is CC(C)CCC(=O)N(Nc1ccccn1)[C@@H](CC=Cc1ccccc1)C(=O)OC(C)(C)C. The van der Waals surface area contributed by atoms with Crippen molar-refractivity contribution < 1.29 is 14.3 Å². The van der Waals surface area contributed by atoms with E-state index in [4.69, 9.17) is 4.74 Å². The van der Waals surface area contributed by atoms with Crippen molar-refractivity contribution in [1.29, 1.82) is 0 Å². The van der Waals surface area contributed by atoms with E-state index in [1.54, 1.807) is 18.3 Å². The zero-order chi connectivity index (χ0) is 23.6.